The van der Waals surface area contributed by atoms with E-state index in [4.69, 9.17) is 4.63 Å². The molecule has 0 spiro atoms. The summed E-state index contributed by atoms with van der Waals surface area (Å²) in [6, 6.07) is 1.86. The van der Waals surface area contributed by atoms with Crippen LogP contribution in [0, 0.1) is 23.6 Å². The number of hydrogen-bond acceptors (Lipinski definition) is 8. The van der Waals surface area contributed by atoms with E-state index < -0.39 is 48.3 Å². The number of rotatable bonds is 14. The van der Waals surface area contributed by atoms with Crippen molar-refractivity contribution in [3.8, 4) is 0 Å². The van der Waals surface area contributed by atoms with Crippen molar-refractivity contribution in [2.45, 2.75) is 83.3 Å². The Bertz CT molecular complexity index is 1420. The fourth-order valence-corrected chi connectivity index (χ4v) is 6.37. The number of aromatic nitrogens is 2. The number of nitrogens with zero attached hydrogens (tertiary/aromatic N) is 3. The lowest BCUT2D eigenvalue weighted by molar-refractivity contribution is -0.138. The first-order chi connectivity index (χ1) is 22.1. The third-order valence-corrected chi connectivity index (χ3v) is 9.33. The van der Waals surface area contributed by atoms with Crippen LogP contribution < -0.4 is 21.3 Å². The van der Waals surface area contributed by atoms with E-state index >= 15 is 4.39 Å². The Morgan fingerprint density at radius 3 is 2.39 bits per heavy atom. The number of amides is 4. The molecule has 1 aromatic heterocycles. The predicted octanol–water partition coefficient (Wildman–Crippen LogP) is 2.71. The van der Waals surface area contributed by atoms with Gasteiger partial charge in [-0.05, 0) is 72.7 Å². The Hall–Kier alpha value is -3.94. The van der Waals surface area contributed by atoms with E-state index in [-0.39, 0.29) is 42.1 Å². The van der Waals surface area contributed by atoms with Gasteiger partial charge in [0.15, 0.2) is 5.69 Å². The average molecular weight is 644 g/mol. The minimum absolute atomic E-state index is 0.0236. The number of hydrogen-bond donors (Lipinski definition) is 4. The van der Waals surface area contributed by atoms with Crippen molar-refractivity contribution in [2.75, 3.05) is 31.6 Å². The summed E-state index contributed by atoms with van der Waals surface area (Å²) in [6.45, 7) is 5.50. The molecule has 2 aromatic rings. The molecule has 250 valence electrons. The number of anilines is 1. The summed E-state index contributed by atoms with van der Waals surface area (Å²) in [5, 5.41) is 18.8. The monoisotopic (exact) mass is 643 g/mol. The van der Waals surface area contributed by atoms with Gasteiger partial charge in [0.25, 0.3) is 5.91 Å². The molecule has 5 rings (SSSR count). The second-order valence-corrected chi connectivity index (χ2v) is 12.6. The highest BCUT2D eigenvalue weighted by molar-refractivity contribution is 6.01. The summed E-state index contributed by atoms with van der Waals surface area (Å²) >= 11 is 0. The maximum atomic E-state index is 15.6. The number of nitrogens with one attached hydrogen (secondary N) is 4. The lowest BCUT2D eigenvalue weighted by atomic mass is 9.88. The molecule has 2 heterocycles. The van der Waals surface area contributed by atoms with Gasteiger partial charge in [-0.15, -0.1) is 0 Å². The zero-order chi connectivity index (χ0) is 33.0. The molecule has 1 unspecified atom stereocenters. The number of halogens is 2. The average Bonchev–Trinajstić information content (AvgIpc) is 4.02. The highest BCUT2D eigenvalue weighted by Crippen LogP contribution is 2.51. The number of carbonyl (C=O) groups is 4. The number of carbonyl (C=O) groups excluding carboxylic acids is 4. The predicted molar refractivity (Wildman–Crippen MR) is 164 cm³/mol. The summed E-state index contributed by atoms with van der Waals surface area (Å²) in [5.74, 6) is -2.67. The van der Waals surface area contributed by atoms with Crippen molar-refractivity contribution < 1.29 is 32.6 Å². The quantitative estimate of drug-likeness (QED) is 0.245. The van der Waals surface area contributed by atoms with Crippen molar-refractivity contribution in [1.82, 2.24) is 31.2 Å². The summed E-state index contributed by atoms with van der Waals surface area (Å²) in [7, 11) is 0. The van der Waals surface area contributed by atoms with Gasteiger partial charge < -0.3 is 26.2 Å². The number of benzene rings is 1. The molecule has 2 aliphatic carbocycles. The Kier molecular flexibility index (Phi) is 10.6. The zero-order valence-electron chi connectivity index (χ0n) is 26.5. The normalized spacial score (nSPS) is 20.1. The molecule has 4 atom stereocenters. The second-order valence-electron chi connectivity index (χ2n) is 12.6. The van der Waals surface area contributed by atoms with Gasteiger partial charge in [-0.1, -0.05) is 32.0 Å². The SMILES string of the molecule is CCC(=O)N[C@@H](C(=O)N1CCNC(CF)C1)[C@@H](C)c1ccc(NC(=O)[C@@H](NC(=O)c2nonc2CC)C(C2CC2)C2CC2)c(F)c1. The van der Waals surface area contributed by atoms with Crippen LogP contribution in [0.25, 0.3) is 0 Å². The maximum Gasteiger partial charge on any atom is 0.276 e. The molecule has 0 bridgehead atoms. The molecule has 4 amide bonds. The topological polar surface area (TPSA) is 159 Å². The van der Waals surface area contributed by atoms with E-state index in [2.05, 4.69) is 31.6 Å². The van der Waals surface area contributed by atoms with Gasteiger partial charge in [-0.25, -0.2) is 13.4 Å². The third kappa shape index (κ3) is 7.71. The van der Waals surface area contributed by atoms with Gasteiger partial charge in [-0.3, -0.25) is 19.2 Å². The van der Waals surface area contributed by atoms with Crippen molar-refractivity contribution >= 4 is 29.3 Å². The molecule has 1 aliphatic heterocycles. The van der Waals surface area contributed by atoms with Crippen molar-refractivity contribution in [3.05, 3.63) is 41.0 Å². The van der Waals surface area contributed by atoms with Gasteiger partial charge >= 0.3 is 0 Å². The van der Waals surface area contributed by atoms with Crippen LogP contribution in [0.3, 0.4) is 0 Å². The molecular formula is C32H43F2N7O5. The van der Waals surface area contributed by atoms with Crippen LogP contribution in [-0.4, -0.2) is 83.3 Å². The van der Waals surface area contributed by atoms with Crippen LogP contribution in [0.5, 0.6) is 0 Å². The summed E-state index contributed by atoms with van der Waals surface area (Å²) < 4.78 is 33.7. The Morgan fingerprint density at radius 2 is 1.78 bits per heavy atom. The molecule has 3 fully saturated rings. The molecule has 1 saturated heterocycles. The van der Waals surface area contributed by atoms with E-state index in [9.17, 15) is 23.6 Å². The van der Waals surface area contributed by atoms with Crippen molar-refractivity contribution in [3.63, 3.8) is 0 Å². The Labute approximate surface area is 266 Å². The van der Waals surface area contributed by atoms with E-state index in [1.807, 2.05) is 6.92 Å². The lowest BCUT2D eigenvalue weighted by Crippen LogP contribution is -2.58. The fourth-order valence-electron chi connectivity index (χ4n) is 6.37. The molecule has 12 nitrogen and oxygen atoms in total. The fraction of sp³-hybridized carbons (Fsp3) is 0.625. The van der Waals surface area contributed by atoms with Gasteiger partial charge in [0.2, 0.25) is 17.7 Å². The Morgan fingerprint density at radius 1 is 1.07 bits per heavy atom. The van der Waals surface area contributed by atoms with Crippen molar-refractivity contribution in [2.24, 2.45) is 17.8 Å². The lowest BCUT2D eigenvalue weighted by Gasteiger charge is -2.36. The van der Waals surface area contributed by atoms with Crippen LogP contribution in [0.15, 0.2) is 22.8 Å². The van der Waals surface area contributed by atoms with E-state index in [1.54, 1.807) is 19.9 Å². The van der Waals surface area contributed by atoms with Gasteiger partial charge in [0, 0.05) is 32.0 Å². The van der Waals surface area contributed by atoms with Crippen LogP contribution in [-0.2, 0) is 20.8 Å². The standard InChI is InChI=1S/C32H43F2N7O5/c1-4-23-28(40-46-39-23)30(43)38-29(26(18-6-7-18)19-8-9-19)31(44)36-24-11-10-20(14-22(24)34)17(3)27(37-25(42)5-2)32(45)41-13-12-35-21(15-33)16-41/h10-11,14,17-19,21,26-27,29,35H,4-9,12-13,15-16H2,1-3H3,(H,36,44)(H,37,42)(H,38,43)/t17-,21?,27+,29-/m0/s1. The van der Waals surface area contributed by atoms with Crippen molar-refractivity contribution in [1.29, 1.82) is 0 Å². The summed E-state index contributed by atoms with van der Waals surface area (Å²) in [4.78, 5) is 54.4. The zero-order valence-corrected chi connectivity index (χ0v) is 26.5. The van der Waals surface area contributed by atoms with Crippen LogP contribution in [0.2, 0.25) is 0 Å². The highest BCUT2D eigenvalue weighted by atomic mass is 19.1. The van der Waals surface area contributed by atoms with Gasteiger partial charge in [0.1, 0.15) is 30.3 Å². The van der Waals surface area contributed by atoms with Crippen LogP contribution >= 0.6 is 0 Å². The largest absolute Gasteiger partial charge is 0.344 e. The molecule has 0 radical (unpaired) electrons. The molecular weight excluding hydrogens is 600 g/mol. The number of piperazine rings is 1. The first-order valence-electron chi connectivity index (χ1n) is 16.2. The van der Waals surface area contributed by atoms with Gasteiger partial charge in [-0.2, -0.15) is 0 Å². The molecule has 3 aliphatic rings. The van der Waals surface area contributed by atoms with Crippen LogP contribution in [0.1, 0.15) is 80.5 Å². The minimum atomic E-state index is -0.998. The first-order valence-corrected chi connectivity index (χ1v) is 16.2. The third-order valence-electron chi connectivity index (χ3n) is 9.33. The smallest absolute Gasteiger partial charge is 0.276 e. The molecule has 46 heavy (non-hydrogen) atoms. The first kappa shape index (κ1) is 33.4. The highest BCUT2D eigenvalue weighted by Gasteiger charge is 2.48. The molecule has 1 aromatic carbocycles. The number of aryl methyl sites for hydroxylation is 1. The van der Waals surface area contributed by atoms with E-state index in [0.29, 0.717) is 42.6 Å². The minimum Gasteiger partial charge on any atom is -0.344 e. The Balaban J connectivity index is 1.34. The number of alkyl halides is 1. The molecule has 4 N–H and O–H groups in total. The summed E-state index contributed by atoms with van der Waals surface area (Å²) in [5.41, 5.74) is 0.770. The van der Waals surface area contributed by atoms with E-state index in [0.717, 1.165) is 25.7 Å². The maximum absolute atomic E-state index is 15.6. The van der Waals surface area contributed by atoms with Gasteiger partial charge in [0.05, 0.1) is 11.7 Å². The van der Waals surface area contributed by atoms with Crippen LogP contribution in [0.4, 0.5) is 14.5 Å². The second kappa shape index (κ2) is 14.7. The van der Waals surface area contributed by atoms with E-state index in [1.165, 1.54) is 17.0 Å². The molecule has 2 saturated carbocycles. The summed E-state index contributed by atoms with van der Waals surface area (Å²) in [6.07, 6.45) is 4.43. The molecule has 14 heteroatoms.